The van der Waals surface area contributed by atoms with Gasteiger partial charge in [-0.05, 0) is 69.0 Å². The number of likely N-dealkylation sites (tertiary alicyclic amines) is 1. The van der Waals surface area contributed by atoms with Crippen LogP contribution in [0.3, 0.4) is 0 Å². The Morgan fingerprint density at radius 3 is 2.37 bits per heavy atom. The topological polar surface area (TPSA) is 3.24 Å². The van der Waals surface area contributed by atoms with Crippen molar-refractivity contribution < 1.29 is 0 Å². The fourth-order valence-electron chi connectivity index (χ4n) is 4.33. The highest BCUT2D eigenvalue weighted by atomic mass is 15.1. The fourth-order valence-corrected chi connectivity index (χ4v) is 4.33. The zero-order chi connectivity index (χ0) is 13.7. The molecule has 0 unspecified atom stereocenters. The lowest BCUT2D eigenvalue weighted by Gasteiger charge is -2.52. The Morgan fingerprint density at radius 2 is 1.79 bits per heavy atom. The molecular weight excluding hydrogens is 230 g/mol. The Kier molecular flexibility index (Phi) is 5.74. The highest BCUT2D eigenvalue weighted by molar-refractivity contribution is 4.96. The molecule has 0 aromatic rings. The Labute approximate surface area is 121 Å². The average Bonchev–Trinajstić information content (AvgIpc) is 2.34. The van der Waals surface area contributed by atoms with Gasteiger partial charge in [0.05, 0.1) is 0 Å². The minimum Gasteiger partial charge on any atom is -0.303 e. The maximum Gasteiger partial charge on any atom is -0.00134 e. The van der Waals surface area contributed by atoms with Crippen molar-refractivity contribution in [3.05, 3.63) is 0 Å². The summed E-state index contributed by atoms with van der Waals surface area (Å²) >= 11 is 0. The Balaban J connectivity index is 1.56. The summed E-state index contributed by atoms with van der Waals surface area (Å²) in [5, 5.41) is 0. The number of hydrogen-bond acceptors (Lipinski definition) is 1. The molecule has 19 heavy (non-hydrogen) atoms. The summed E-state index contributed by atoms with van der Waals surface area (Å²) in [4.78, 5) is 2.68. The summed E-state index contributed by atoms with van der Waals surface area (Å²) < 4.78 is 0. The molecule has 1 saturated carbocycles. The van der Waals surface area contributed by atoms with Crippen LogP contribution in [0.2, 0.25) is 0 Å². The van der Waals surface area contributed by atoms with E-state index in [9.17, 15) is 0 Å². The fraction of sp³-hybridized carbons (Fsp3) is 1.00. The Morgan fingerprint density at radius 1 is 1.11 bits per heavy atom. The number of nitrogens with zero attached hydrogens (tertiary/aromatic N) is 1. The molecule has 112 valence electrons. The van der Waals surface area contributed by atoms with E-state index in [0.29, 0.717) is 0 Å². The van der Waals surface area contributed by atoms with E-state index in [2.05, 4.69) is 25.7 Å². The van der Waals surface area contributed by atoms with Crippen LogP contribution in [-0.4, -0.2) is 24.5 Å². The molecule has 0 amide bonds. The number of hydrogen-bond donors (Lipinski definition) is 0. The second-order valence-electron chi connectivity index (χ2n) is 7.79. The van der Waals surface area contributed by atoms with E-state index in [-0.39, 0.29) is 0 Å². The van der Waals surface area contributed by atoms with Crippen molar-refractivity contribution >= 4 is 0 Å². The van der Waals surface area contributed by atoms with E-state index in [1.807, 2.05) is 0 Å². The van der Waals surface area contributed by atoms with Crippen LogP contribution in [0.15, 0.2) is 0 Å². The molecule has 1 spiro atoms. The molecule has 1 aliphatic heterocycles. The zero-order valence-electron chi connectivity index (χ0n) is 13.6. The van der Waals surface area contributed by atoms with Crippen LogP contribution in [0.1, 0.15) is 78.6 Å². The summed E-state index contributed by atoms with van der Waals surface area (Å²) in [5.41, 5.74) is 0.799. The van der Waals surface area contributed by atoms with Crippen molar-refractivity contribution in [2.75, 3.05) is 19.6 Å². The summed E-state index contributed by atoms with van der Waals surface area (Å²) in [5.74, 6) is 1.99. The van der Waals surface area contributed by atoms with Gasteiger partial charge in [0.25, 0.3) is 0 Å². The molecule has 0 bridgehead atoms. The first kappa shape index (κ1) is 15.4. The highest BCUT2D eigenvalue weighted by Crippen LogP contribution is 2.54. The first-order chi connectivity index (χ1) is 9.13. The third kappa shape index (κ3) is 4.48. The van der Waals surface area contributed by atoms with Crippen molar-refractivity contribution in [3.63, 3.8) is 0 Å². The quantitative estimate of drug-likeness (QED) is 0.578. The van der Waals surface area contributed by atoms with Crippen LogP contribution in [0, 0.1) is 17.3 Å². The monoisotopic (exact) mass is 265 g/mol. The van der Waals surface area contributed by atoms with Gasteiger partial charge in [0, 0.05) is 0 Å². The van der Waals surface area contributed by atoms with Crippen molar-refractivity contribution in [1.82, 2.24) is 4.90 Å². The van der Waals surface area contributed by atoms with Crippen molar-refractivity contribution in [2.45, 2.75) is 78.6 Å². The summed E-state index contributed by atoms with van der Waals surface area (Å²) in [6.07, 6.45) is 13.4. The zero-order valence-corrected chi connectivity index (χ0v) is 13.6. The van der Waals surface area contributed by atoms with Gasteiger partial charge in [-0.1, -0.05) is 46.5 Å². The van der Waals surface area contributed by atoms with E-state index in [1.54, 1.807) is 12.8 Å². The molecule has 0 N–H and O–H groups in total. The number of rotatable bonds is 7. The van der Waals surface area contributed by atoms with Gasteiger partial charge in [0.15, 0.2) is 0 Å². The van der Waals surface area contributed by atoms with Gasteiger partial charge in [0.1, 0.15) is 0 Å². The smallest absolute Gasteiger partial charge is 0.00134 e. The lowest BCUT2D eigenvalue weighted by Crippen LogP contribution is -2.47. The maximum atomic E-state index is 2.68. The third-order valence-corrected chi connectivity index (χ3v) is 5.54. The molecular formula is C18H35N. The van der Waals surface area contributed by atoms with E-state index in [4.69, 9.17) is 0 Å². The van der Waals surface area contributed by atoms with Crippen LogP contribution in [-0.2, 0) is 0 Å². The van der Waals surface area contributed by atoms with Gasteiger partial charge < -0.3 is 4.90 Å². The van der Waals surface area contributed by atoms with Gasteiger partial charge in [-0.25, -0.2) is 0 Å². The minimum absolute atomic E-state index is 0.799. The predicted molar refractivity (Wildman–Crippen MR) is 84.4 cm³/mol. The largest absolute Gasteiger partial charge is 0.303 e. The summed E-state index contributed by atoms with van der Waals surface area (Å²) in [7, 11) is 0. The number of unbranched alkanes of at least 4 members (excludes halogenated alkanes) is 1. The van der Waals surface area contributed by atoms with Crippen LogP contribution in [0.5, 0.6) is 0 Å². The standard InChI is InChI=1S/C18H35N/c1-4-11-19-12-9-18(10-13-19)14-17(15-18)8-6-5-7-16(2)3/h16-17H,4-15H2,1-3H3. The Hall–Kier alpha value is -0.0400. The van der Waals surface area contributed by atoms with Gasteiger partial charge in [-0.3, -0.25) is 0 Å². The normalized spacial score (nSPS) is 24.0. The van der Waals surface area contributed by atoms with Gasteiger partial charge >= 0.3 is 0 Å². The highest BCUT2D eigenvalue weighted by Gasteiger charge is 2.44. The molecule has 1 heteroatoms. The predicted octanol–water partition coefficient (Wildman–Crippen LogP) is 5.11. The lowest BCUT2D eigenvalue weighted by molar-refractivity contribution is -0.0168. The average molecular weight is 265 g/mol. The summed E-state index contributed by atoms with van der Waals surface area (Å²) in [6.45, 7) is 11.1. The van der Waals surface area contributed by atoms with E-state index in [1.165, 1.54) is 64.6 Å². The van der Waals surface area contributed by atoms with Crippen LogP contribution < -0.4 is 0 Å². The molecule has 1 saturated heterocycles. The van der Waals surface area contributed by atoms with Crippen LogP contribution in [0.4, 0.5) is 0 Å². The molecule has 1 heterocycles. The minimum atomic E-state index is 0.799. The Bertz CT molecular complexity index is 242. The molecule has 2 rings (SSSR count). The van der Waals surface area contributed by atoms with E-state index >= 15 is 0 Å². The molecule has 0 atom stereocenters. The third-order valence-electron chi connectivity index (χ3n) is 5.54. The molecule has 0 aromatic carbocycles. The van der Waals surface area contributed by atoms with Gasteiger partial charge in [0.2, 0.25) is 0 Å². The maximum absolute atomic E-state index is 2.68. The van der Waals surface area contributed by atoms with Crippen LogP contribution in [0.25, 0.3) is 0 Å². The number of piperidine rings is 1. The van der Waals surface area contributed by atoms with Crippen molar-refractivity contribution in [2.24, 2.45) is 17.3 Å². The first-order valence-corrected chi connectivity index (χ1v) is 8.86. The van der Waals surface area contributed by atoms with Crippen LogP contribution >= 0.6 is 0 Å². The van der Waals surface area contributed by atoms with Crippen molar-refractivity contribution in [1.29, 1.82) is 0 Å². The SMILES string of the molecule is CCCN1CCC2(CC1)CC(CCCCC(C)C)C2. The van der Waals surface area contributed by atoms with E-state index < -0.39 is 0 Å². The molecule has 0 aromatic heterocycles. The van der Waals surface area contributed by atoms with Gasteiger partial charge in [-0.2, -0.15) is 0 Å². The summed E-state index contributed by atoms with van der Waals surface area (Å²) in [6, 6.07) is 0. The van der Waals surface area contributed by atoms with Crippen molar-refractivity contribution in [3.8, 4) is 0 Å². The van der Waals surface area contributed by atoms with Gasteiger partial charge in [-0.15, -0.1) is 0 Å². The molecule has 1 aliphatic carbocycles. The second-order valence-corrected chi connectivity index (χ2v) is 7.79. The molecule has 2 aliphatic rings. The molecule has 0 radical (unpaired) electrons. The second kappa shape index (κ2) is 7.11. The molecule has 2 fully saturated rings. The molecule has 1 nitrogen and oxygen atoms in total. The van der Waals surface area contributed by atoms with E-state index in [0.717, 1.165) is 17.3 Å². The first-order valence-electron chi connectivity index (χ1n) is 8.86. The lowest BCUT2D eigenvalue weighted by atomic mass is 9.56.